The van der Waals surface area contributed by atoms with Crippen molar-refractivity contribution in [1.29, 1.82) is 0 Å². The van der Waals surface area contributed by atoms with Crippen molar-refractivity contribution < 1.29 is 4.74 Å². The Morgan fingerprint density at radius 2 is 2.05 bits per heavy atom. The first-order valence-corrected chi connectivity index (χ1v) is 7.99. The SMILES string of the molecule is CCCN(CCCC1CCCO1)c1ccc(CN)cc1. The first-order chi connectivity index (χ1) is 9.83. The first kappa shape index (κ1) is 15.3. The third kappa shape index (κ3) is 4.50. The summed E-state index contributed by atoms with van der Waals surface area (Å²) in [7, 11) is 0. The summed E-state index contributed by atoms with van der Waals surface area (Å²) >= 11 is 0. The largest absolute Gasteiger partial charge is 0.378 e. The van der Waals surface area contributed by atoms with Gasteiger partial charge in [0.25, 0.3) is 0 Å². The van der Waals surface area contributed by atoms with Crippen molar-refractivity contribution in [2.24, 2.45) is 5.73 Å². The minimum Gasteiger partial charge on any atom is -0.378 e. The maximum absolute atomic E-state index is 5.70. The molecule has 0 spiro atoms. The van der Waals surface area contributed by atoms with Gasteiger partial charge >= 0.3 is 0 Å². The molecular weight excluding hydrogens is 248 g/mol. The van der Waals surface area contributed by atoms with Crippen LogP contribution in [0, 0.1) is 0 Å². The lowest BCUT2D eigenvalue weighted by Crippen LogP contribution is -2.26. The second-order valence-corrected chi connectivity index (χ2v) is 5.63. The third-order valence-corrected chi connectivity index (χ3v) is 4.01. The van der Waals surface area contributed by atoms with Crippen molar-refractivity contribution in [3.8, 4) is 0 Å². The molecule has 20 heavy (non-hydrogen) atoms. The predicted octanol–water partition coefficient (Wildman–Crippen LogP) is 3.32. The normalized spacial score (nSPS) is 18.4. The van der Waals surface area contributed by atoms with E-state index in [1.54, 1.807) is 0 Å². The fourth-order valence-corrected chi connectivity index (χ4v) is 2.86. The van der Waals surface area contributed by atoms with Crippen LogP contribution in [-0.4, -0.2) is 25.8 Å². The molecular formula is C17H28N2O. The van der Waals surface area contributed by atoms with E-state index in [0.717, 1.165) is 19.7 Å². The standard InChI is InChI=1S/C17H28N2O/c1-2-11-19(12-3-5-17-6-4-13-20-17)16-9-7-15(14-18)8-10-16/h7-10,17H,2-6,11-14,18H2,1H3. The molecule has 112 valence electrons. The van der Waals surface area contributed by atoms with Gasteiger partial charge in [0, 0.05) is 31.9 Å². The lowest BCUT2D eigenvalue weighted by Gasteiger charge is -2.25. The highest BCUT2D eigenvalue weighted by Gasteiger charge is 2.15. The minimum absolute atomic E-state index is 0.512. The molecule has 3 heteroatoms. The summed E-state index contributed by atoms with van der Waals surface area (Å²) in [4.78, 5) is 2.48. The Balaban J connectivity index is 1.84. The van der Waals surface area contributed by atoms with Crippen LogP contribution in [-0.2, 0) is 11.3 Å². The van der Waals surface area contributed by atoms with E-state index in [9.17, 15) is 0 Å². The fraction of sp³-hybridized carbons (Fsp3) is 0.647. The van der Waals surface area contributed by atoms with E-state index < -0.39 is 0 Å². The number of nitrogens with zero attached hydrogens (tertiary/aromatic N) is 1. The highest BCUT2D eigenvalue weighted by molar-refractivity contribution is 5.47. The second kappa shape index (κ2) is 8.28. The molecule has 2 N–H and O–H groups in total. The van der Waals surface area contributed by atoms with Gasteiger partial charge in [-0.25, -0.2) is 0 Å². The van der Waals surface area contributed by atoms with Gasteiger partial charge in [-0.15, -0.1) is 0 Å². The molecule has 0 aliphatic carbocycles. The number of hydrogen-bond acceptors (Lipinski definition) is 3. The summed E-state index contributed by atoms with van der Waals surface area (Å²) in [5.74, 6) is 0. The van der Waals surface area contributed by atoms with Crippen LogP contribution in [0.15, 0.2) is 24.3 Å². The number of ether oxygens (including phenoxy) is 1. The smallest absolute Gasteiger partial charge is 0.0576 e. The summed E-state index contributed by atoms with van der Waals surface area (Å²) < 4.78 is 5.70. The Morgan fingerprint density at radius 3 is 2.65 bits per heavy atom. The molecule has 1 aromatic rings. The van der Waals surface area contributed by atoms with E-state index in [1.165, 1.54) is 43.4 Å². The highest BCUT2D eigenvalue weighted by Crippen LogP contribution is 2.20. The fourth-order valence-electron chi connectivity index (χ4n) is 2.86. The minimum atomic E-state index is 0.512. The van der Waals surface area contributed by atoms with E-state index >= 15 is 0 Å². The van der Waals surface area contributed by atoms with Crippen LogP contribution in [0.2, 0.25) is 0 Å². The first-order valence-electron chi connectivity index (χ1n) is 7.99. The van der Waals surface area contributed by atoms with Crippen molar-refractivity contribution in [1.82, 2.24) is 0 Å². The van der Waals surface area contributed by atoms with Crippen LogP contribution in [0.4, 0.5) is 5.69 Å². The van der Waals surface area contributed by atoms with Gasteiger partial charge in [-0.3, -0.25) is 0 Å². The quantitative estimate of drug-likeness (QED) is 0.791. The van der Waals surface area contributed by atoms with Gasteiger partial charge in [0.2, 0.25) is 0 Å². The van der Waals surface area contributed by atoms with Gasteiger partial charge in [0.05, 0.1) is 6.10 Å². The van der Waals surface area contributed by atoms with Crippen molar-refractivity contribution in [2.45, 2.75) is 51.7 Å². The number of rotatable bonds is 8. The summed E-state index contributed by atoms with van der Waals surface area (Å²) in [5.41, 5.74) is 8.17. The summed E-state index contributed by atoms with van der Waals surface area (Å²) in [6, 6.07) is 8.67. The Morgan fingerprint density at radius 1 is 1.25 bits per heavy atom. The van der Waals surface area contributed by atoms with Crippen LogP contribution in [0.25, 0.3) is 0 Å². The number of benzene rings is 1. The van der Waals surface area contributed by atoms with Crippen molar-refractivity contribution in [2.75, 3.05) is 24.6 Å². The molecule has 1 aliphatic rings. The maximum Gasteiger partial charge on any atom is 0.0576 e. The molecule has 0 aromatic heterocycles. The zero-order chi connectivity index (χ0) is 14.2. The Bertz CT molecular complexity index is 371. The average molecular weight is 276 g/mol. The van der Waals surface area contributed by atoms with Crippen LogP contribution >= 0.6 is 0 Å². The monoisotopic (exact) mass is 276 g/mol. The molecule has 1 unspecified atom stereocenters. The Labute approximate surface area is 123 Å². The van der Waals surface area contributed by atoms with E-state index in [-0.39, 0.29) is 0 Å². The second-order valence-electron chi connectivity index (χ2n) is 5.63. The molecule has 0 saturated carbocycles. The molecule has 1 heterocycles. The van der Waals surface area contributed by atoms with E-state index in [0.29, 0.717) is 12.6 Å². The summed E-state index contributed by atoms with van der Waals surface area (Å²) in [6.07, 6.45) is 6.59. The van der Waals surface area contributed by atoms with Gasteiger partial charge < -0.3 is 15.4 Å². The van der Waals surface area contributed by atoms with Crippen LogP contribution in [0.3, 0.4) is 0 Å². The Kier molecular flexibility index (Phi) is 6.34. The average Bonchev–Trinajstić information content (AvgIpc) is 3.00. The van der Waals surface area contributed by atoms with Crippen LogP contribution in [0.1, 0.15) is 44.6 Å². The molecule has 1 aromatic carbocycles. The third-order valence-electron chi connectivity index (χ3n) is 4.01. The zero-order valence-electron chi connectivity index (χ0n) is 12.7. The van der Waals surface area contributed by atoms with Crippen molar-refractivity contribution in [3.05, 3.63) is 29.8 Å². The molecule has 3 nitrogen and oxygen atoms in total. The molecule has 0 bridgehead atoms. The molecule has 0 radical (unpaired) electrons. The van der Waals surface area contributed by atoms with E-state index in [4.69, 9.17) is 10.5 Å². The lowest BCUT2D eigenvalue weighted by atomic mass is 10.1. The molecule has 1 fully saturated rings. The molecule has 0 amide bonds. The van der Waals surface area contributed by atoms with Gasteiger partial charge in [-0.2, -0.15) is 0 Å². The molecule has 1 aliphatic heterocycles. The van der Waals surface area contributed by atoms with Crippen LogP contribution in [0.5, 0.6) is 0 Å². The molecule has 1 atom stereocenters. The topological polar surface area (TPSA) is 38.5 Å². The van der Waals surface area contributed by atoms with Crippen LogP contribution < -0.4 is 10.6 Å². The van der Waals surface area contributed by atoms with Gasteiger partial charge in [0.15, 0.2) is 0 Å². The summed E-state index contributed by atoms with van der Waals surface area (Å²) in [6.45, 7) is 6.06. The number of nitrogens with two attached hydrogens (primary N) is 1. The van der Waals surface area contributed by atoms with Crippen molar-refractivity contribution >= 4 is 5.69 Å². The lowest BCUT2D eigenvalue weighted by molar-refractivity contribution is 0.103. The van der Waals surface area contributed by atoms with Gasteiger partial charge in [0.1, 0.15) is 0 Å². The number of anilines is 1. The molecule has 1 saturated heterocycles. The van der Waals surface area contributed by atoms with Gasteiger partial charge in [-0.05, 0) is 49.8 Å². The highest BCUT2D eigenvalue weighted by atomic mass is 16.5. The zero-order valence-corrected chi connectivity index (χ0v) is 12.7. The predicted molar refractivity (Wildman–Crippen MR) is 85.0 cm³/mol. The van der Waals surface area contributed by atoms with E-state index in [2.05, 4.69) is 36.1 Å². The Hall–Kier alpha value is -1.06. The molecule has 2 rings (SSSR count). The number of hydrogen-bond donors (Lipinski definition) is 1. The maximum atomic E-state index is 5.70. The van der Waals surface area contributed by atoms with E-state index in [1.807, 2.05) is 0 Å². The van der Waals surface area contributed by atoms with Gasteiger partial charge in [-0.1, -0.05) is 19.1 Å². The summed E-state index contributed by atoms with van der Waals surface area (Å²) in [5, 5.41) is 0. The van der Waals surface area contributed by atoms with Crippen molar-refractivity contribution in [3.63, 3.8) is 0 Å².